The molecular weight excluding hydrogens is 422 g/mol. The lowest BCUT2D eigenvalue weighted by Gasteiger charge is -2.23. The molecule has 32 heavy (non-hydrogen) atoms. The summed E-state index contributed by atoms with van der Waals surface area (Å²) in [5.74, 6) is 2.03. The summed E-state index contributed by atoms with van der Waals surface area (Å²) in [7, 11) is 0. The Bertz CT molecular complexity index is 1240. The zero-order valence-electron chi connectivity index (χ0n) is 17.9. The van der Waals surface area contributed by atoms with Gasteiger partial charge in [0, 0.05) is 5.57 Å². The van der Waals surface area contributed by atoms with Crippen LogP contribution in [0.1, 0.15) is 25.0 Å². The molecule has 2 aromatic carbocycles. The van der Waals surface area contributed by atoms with Crippen LogP contribution in [0.5, 0.6) is 11.5 Å². The number of allylic oxidation sites excluding steroid dienone is 4. The minimum Gasteiger partial charge on any atom is -0.487 e. The third-order valence-corrected chi connectivity index (χ3v) is 5.76. The predicted molar refractivity (Wildman–Crippen MR) is 128 cm³/mol. The average Bonchev–Trinajstić information content (AvgIpc) is 3.05. The molecule has 1 aliphatic carbocycles. The molecule has 0 aromatic heterocycles. The summed E-state index contributed by atoms with van der Waals surface area (Å²) in [4.78, 5) is 9.20. The van der Waals surface area contributed by atoms with Crippen LogP contribution in [0.3, 0.4) is 0 Å². The topological polar surface area (TPSA) is 43.2 Å². The zero-order valence-corrected chi connectivity index (χ0v) is 18.7. The van der Waals surface area contributed by atoms with Crippen molar-refractivity contribution in [3.8, 4) is 11.5 Å². The van der Waals surface area contributed by atoms with Crippen molar-refractivity contribution in [2.45, 2.75) is 26.6 Å². The van der Waals surface area contributed by atoms with Gasteiger partial charge in [0.25, 0.3) is 5.84 Å². The number of benzene rings is 2. The van der Waals surface area contributed by atoms with Crippen LogP contribution in [0, 0.1) is 0 Å². The van der Waals surface area contributed by atoms with E-state index in [0.29, 0.717) is 23.9 Å². The fourth-order valence-electron chi connectivity index (χ4n) is 3.71. The lowest BCUT2D eigenvalue weighted by molar-refractivity contribution is -0.599. The number of halogens is 1. The maximum atomic E-state index is 7.09. The van der Waals surface area contributed by atoms with E-state index in [1.54, 1.807) is 12.4 Å². The van der Waals surface area contributed by atoms with Gasteiger partial charge in [-0.15, -0.1) is 4.00 Å². The number of quaternary nitrogens is 1. The second-order valence-corrected chi connectivity index (χ2v) is 8.50. The lowest BCUT2D eigenvalue weighted by atomic mass is 10.0. The fourth-order valence-corrected chi connectivity index (χ4v) is 4.02. The van der Waals surface area contributed by atoms with Gasteiger partial charge in [0.15, 0.2) is 23.3 Å². The summed E-state index contributed by atoms with van der Waals surface area (Å²) in [6.45, 7) is 4.43. The molecule has 0 spiro atoms. The van der Waals surface area contributed by atoms with Crippen molar-refractivity contribution in [2.75, 3.05) is 0 Å². The van der Waals surface area contributed by atoms with E-state index in [1.165, 1.54) is 0 Å². The normalized spacial score (nSPS) is 20.8. The van der Waals surface area contributed by atoms with Crippen LogP contribution in [0.4, 0.5) is 0 Å². The van der Waals surface area contributed by atoms with Gasteiger partial charge in [0.05, 0.1) is 24.1 Å². The Labute approximate surface area is 192 Å². The molecule has 0 N–H and O–H groups in total. The number of rotatable bonds is 7. The Morgan fingerprint density at radius 2 is 1.88 bits per heavy atom. The fraction of sp³-hybridized carbons (Fsp3) is 0.154. The van der Waals surface area contributed by atoms with Crippen molar-refractivity contribution in [3.05, 3.63) is 107 Å². The van der Waals surface area contributed by atoms with E-state index in [0.717, 1.165) is 28.1 Å². The van der Waals surface area contributed by atoms with E-state index in [9.17, 15) is 0 Å². The van der Waals surface area contributed by atoms with Gasteiger partial charge in [-0.1, -0.05) is 48.6 Å². The van der Waals surface area contributed by atoms with Crippen molar-refractivity contribution < 1.29 is 13.5 Å². The van der Waals surface area contributed by atoms with Gasteiger partial charge in [-0.2, -0.15) is 4.99 Å². The molecule has 3 aliphatic rings. The summed E-state index contributed by atoms with van der Waals surface area (Å²) in [5.41, 5.74) is 4.64. The van der Waals surface area contributed by atoms with E-state index in [1.807, 2.05) is 86.8 Å². The van der Waals surface area contributed by atoms with Gasteiger partial charge >= 0.3 is 0 Å². The van der Waals surface area contributed by atoms with Gasteiger partial charge in [-0.25, -0.2) is 0 Å². The van der Waals surface area contributed by atoms with Crippen LogP contribution in [-0.4, -0.2) is 22.2 Å². The van der Waals surface area contributed by atoms with Gasteiger partial charge < -0.3 is 9.47 Å². The van der Waals surface area contributed by atoms with Gasteiger partial charge in [-0.05, 0) is 37.6 Å². The predicted octanol–water partition coefficient (Wildman–Crippen LogP) is 6.05. The number of ether oxygens (including phenoxy) is 2. The standard InChI is InChI=1S/C26H23ClN3O2/c1-18(2)32-23-12-11-21(15-24(23)31-17-19-7-4-3-5-8-19)26-29-25(20-9-6-10-20)22-16-28-13-14-30(22,26)27/h3-16,18H,17H2,1-2H3/q+1. The van der Waals surface area contributed by atoms with Gasteiger partial charge in [0.1, 0.15) is 18.5 Å². The molecule has 5 rings (SSSR count). The van der Waals surface area contributed by atoms with Crippen LogP contribution < -0.4 is 9.47 Å². The molecular formula is C26H23ClN3O2+. The molecule has 0 radical (unpaired) electrons. The molecule has 0 fully saturated rings. The van der Waals surface area contributed by atoms with Crippen LogP contribution in [0.2, 0.25) is 0 Å². The smallest absolute Gasteiger partial charge is 0.264 e. The summed E-state index contributed by atoms with van der Waals surface area (Å²) in [6, 6.07) is 15.9. The highest BCUT2D eigenvalue weighted by Crippen LogP contribution is 2.42. The van der Waals surface area contributed by atoms with Crippen molar-refractivity contribution in [3.63, 3.8) is 0 Å². The largest absolute Gasteiger partial charge is 0.487 e. The number of amidine groups is 1. The number of hydrogen-bond acceptors (Lipinski definition) is 4. The van der Waals surface area contributed by atoms with Gasteiger partial charge in [0.2, 0.25) is 5.70 Å². The lowest BCUT2D eigenvalue weighted by Crippen LogP contribution is -2.37. The second kappa shape index (κ2) is 8.26. The number of aliphatic imine (C=N–C) groups is 2. The van der Waals surface area contributed by atoms with E-state index < -0.39 is 0 Å². The summed E-state index contributed by atoms with van der Waals surface area (Å²) in [6.07, 6.45) is 11.4. The maximum Gasteiger partial charge on any atom is 0.264 e. The van der Waals surface area contributed by atoms with E-state index in [2.05, 4.69) is 4.99 Å². The summed E-state index contributed by atoms with van der Waals surface area (Å²) in [5, 5.41) is 0. The first-order valence-corrected chi connectivity index (χ1v) is 10.9. The van der Waals surface area contributed by atoms with Gasteiger partial charge in [-0.3, -0.25) is 4.99 Å². The Kier molecular flexibility index (Phi) is 5.29. The SMILES string of the molecule is CC(C)Oc1ccc(C2=NC(C3=CC=C3)=C3C=NC=C[N+]23Cl)cc1OCc1ccccc1. The molecule has 0 saturated carbocycles. The van der Waals surface area contributed by atoms with Crippen molar-refractivity contribution in [1.82, 2.24) is 0 Å². The third-order valence-electron chi connectivity index (χ3n) is 5.30. The Hall–Kier alpha value is -3.41. The van der Waals surface area contributed by atoms with Crippen molar-refractivity contribution >= 4 is 23.8 Å². The first-order chi connectivity index (χ1) is 15.5. The van der Waals surface area contributed by atoms with Crippen LogP contribution in [0.25, 0.3) is 0 Å². The monoisotopic (exact) mass is 444 g/mol. The van der Waals surface area contributed by atoms with Crippen LogP contribution >= 0.6 is 11.8 Å². The molecule has 1 atom stereocenters. The Morgan fingerprint density at radius 1 is 1.06 bits per heavy atom. The van der Waals surface area contributed by atoms with Crippen LogP contribution in [-0.2, 0) is 6.61 Å². The molecule has 0 saturated heterocycles. The quantitative estimate of drug-likeness (QED) is 0.488. The zero-order chi connectivity index (χ0) is 22.1. The van der Waals surface area contributed by atoms with Crippen molar-refractivity contribution in [2.24, 2.45) is 9.98 Å². The summed E-state index contributed by atoms with van der Waals surface area (Å²) < 4.78 is 12.1. The van der Waals surface area contributed by atoms with Crippen molar-refractivity contribution in [1.29, 1.82) is 0 Å². The Morgan fingerprint density at radius 3 is 2.59 bits per heavy atom. The molecule has 2 aliphatic heterocycles. The molecule has 5 nitrogen and oxygen atoms in total. The minimum absolute atomic E-state index is 0.0219. The van der Waals surface area contributed by atoms with E-state index >= 15 is 0 Å². The number of nitrogens with zero attached hydrogens (tertiary/aromatic N) is 3. The Balaban J connectivity index is 1.52. The van der Waals surface area contributed by atoms with E-state index in [-0.39, 0.29) is 10.1 Å². The summed E-state index contributed by atoms with van der Waals surface area (Å²) >= 11 is 7.09. The molecule has 0 bridgehead atoms. The minimum atomic E-state index is -0.0630. The molecule has 2 heterocycles. The second-order valence-electron chi connectivity index (χ2n) is 7.97. The average molecular weight is 445 g/mol. The highest BCUT2D eigenvalue weighted by molar-refractivity contribution is 6.20. The molecule has 6 heteroatoms. The van der Waals surface area contributed by atoms with Crippen LogP contribution in [0.15, 0.2) is 106 Å². The third kappa shape index (κ3) is 3.70. The highest BCUT2D eigenvalue weighted by Gasteiger charge is 2.47. The molecule has 0 amide bonds. The molecule has 160 valence electrons. The first kappa shape index (κ1) is 20.5. The maximum absolute atomic E-state index is 7.09. The highest BCUT2D eigenvalue weighted by atomic mass is 35.5. The number of fused-ring (bicyclic) bond motifs is 1. The molecule has 1 unspecified atom stereocenters. The first-order valence-electron chi connectivity index (χ1n) is 10.5. The number of hydrogen-bond donors (Lipinski definition) is 0. The molecule has 2 aromatic rings. The van der Waals surface area contributed by atoms with E-state index in [4.69, 9.17) is 26.2 Å².